The van der Waals surface area contributed by atoms with E-state index in [2.05, 4.69) is 60.7 Å². The van der Waals surface area contributed by atoms with Gasteiger partial charge in [0.15, 0.2) is 5.13 Å². The fraction of sp³-hybridized carbons (Fsp3) is 0.364. The molecule has 3 aromatic rings. The standard InChI is InChI=1S/C22H27N3O2S/c1-13-9-14(2)19(15(3)10-13)23-12-16-7-8-17-18(11-16)28-20(24-17)25-21(26)27-22(4,5)6/h7-11,23H,12H2,1-6H3,(H,24,25,26). The SMILES string of the molecule is Cc1cc(C)c(NCc2ccc3nc(NC(=O)OC(C)(C)C)sc3c2)c(C)c1. The molecular formula is C22H27N3O2S. The molecule has 0 saturated carbocycles. The van der Waals surface area contributed by atoms with E-state index in [4.69, 9.17) is 4.74 Å². The van der Waals surface area contributed by atoms with Crippen LogP contribution >= 0.6 is 11.3 Å². The van der Waals surface area contributed by atoms with Crippen LogP contribution in [0.15, 0.2) is 30.3 Å². The number of amides is 1. The van der Waals surface area contributed by atoms with Gasteiger partial charge in [0.2, 0.25) is 0 Å². The smallest absolute Gasteiger partial charge is 0.413 e. The maximum atomic E-state index is 11.9. The summed E-state index contributed by atoms with van der Waals surface area (Å²) in [6.45, 7) is 12.6. The number of carbonyl (C=O) groups is 1. The molecule has 1 amide bonds. The molecule has 0 bridgehead atoms. The highest BCUT2D eigenvalue weighted by atomic mass is 32.1. The Morgan fingerprint density at radius 3 is 2.43 bits per heavy atom. The molecule has 5 nitrogen and oxygen atoms in total. The monoisotopic (exact) mass is 397 g/mol. The molecule has 2 aromatic carbocycles. The van der Waals surface area contributed by atoms with Crippen molar-refractivity contribution in [2.24, 2.45) is 0 Å². The van der Waals surface area contributed by atoms with Crippen LogP contribution in [0.25, 0.3) is 10.2 Å². The van der Waals surface area contributed by atoms with Crippen LogP contribution in [0.2, 0.25) is 0 Å². The van der Waals surface area contributed by atoms with Crippen molar-refractivity contribution in [3.05, 3.63) is 52.6 Å². The predicted octanol–water partition coefficient (Wildman–Crippen LogP) is 6.18. The van der Waals surface area contributed by atoms with Gasteiger partial charge in [-0.1, -0.05) is 35.1 Å². The van der Waals surface area contributed by atoms with Gasteiger partial charge >= 0.3 is 6.09 Å². The first-order valence-electron chi connectivity index (χ1n) is 9.32. The Bertz CT molecular complexity index is 995. The minimum atomic E-state index is -0.536. The van der Waals surface area contributed by atoms with Crippen LogP contribution in [0.4, 0.5) is 15.6 Å². The first-order valence-corrected chi connectivity index (χ1v) is 10.1. The number of nitrogens with one attached hydrogen (secondary N) is 2. The first kappa shape index (κ1) is 20.1. The number of thiazole rings is 1. The zero-order chi connectivity index (χ0) is 20.5. The molecule has 0 atom stereocenters. The van der Waals surface area contributed by atoms with E-state index in [9.17, 15) is 4.79 Å². The second-order valence-corrected chi connectivity index (χ2v) is 9.11. The molecule has 0 radical (unpaired) electrons. The van der Waals surface area contributed by atoms with Gasteiger partial charge in [-0.3, -0.25) is 5.32 Å². The number of aromatic nitrogens is 1. The number of fused-ring (bicyclic) bond motifs is 1. The van der Waals surface area contributed by atoms with Crippen molar-refractivity contribution in [3.63, 3.8) is 0 Å². The number of ether oxygens (including phenoxy) is 1. The number of aryl methyl sites for hydroxylation is 3. The normalized spacial score (nSPS) is 11.5. The van der Waals surface area contributed by atoms with Gasteiger partial charge < -0.3 is 10.1 Å². The summed E-state index contributed by atoms with van der Waals surface area (Å²) >= 11 is 1.44. The Balaban J connectivity index is 1.72. The lowest BCUT2D eigenvalue weighted by atomic mass is 10.0. The summed E-state index contributed by atoms with van der Waals surface area (Å²) in [5.74, 6) is 0. The van der Waals surface area contributed by atoms with E-state index in [-0.39, 0.29) is 0 Å². The summed E-state index contributed by atoms with van der Waals surface area (Å²) in [5, 5.41) is 6.81. The van der Waals surface area contributed by atoms with E-state index in [1.165, 1.54) is 39.3 Å². The van der Waals surface area contributed by atoms with Gasteiger partial charge in [0.1, 0.15) is 5.60 Å². The second-order valence-electron chi connectivity index (χ2n) is 8.08. The molecule has 0 aliphatic heterocycles. The number of hydrogen-bond donors (Lipinski definition) is 2. The number of hydrogen-bond acceptors (Lipinski definition) is 5. The van der Waals surface area contributed by atoms with Crippen LogP contribution in [-0.2, 0) is 11.3 Å². The highest BCUT2D eigenvalue weighted by molar-refractivity contribution is 7.22. The summed E-state index contributed by atoms with van der Waals surface area (Å²) in [5.41, 5.74) is 6.45. The summed E-state index contributed by atoms with van der Waals surface area (Å²) in [6, 6.07) is 10.5. The average Bonchev–Trinajstić information content (AvgIpc) is 2.93. The van der Waals surface area contributed by atoms with Crippen LogP contribution in [-0.4, -0.2) is 16.7 Å². The van der Waals surface area contributed by atoms with Crippen LogP contribution < -0.4 is 10.6 Å². The fourth-order valence-electron chi connectivity index (χ4n) is 3.17. The third-order valence-electron chi connectivity index (χ3n) is 4.21. The topological polar surface area (TPSA) is 63.2 Å². The van der Waals surface area contributed by atoms with Crippen molar-refractivity contribution >= 4 is 38.5 Å². The Hall–Kier alpha value is -2.60. The van der Waals surface area contributed by atoms with E-state index in [1.54, 1.807) is 0 Å². The van der Waals surface area contributed by atoms with Crippen molar-refractivity contribution in [1.82, 2.24) is 4.98 Å². The van der Waals surface area contributed by atoms with E-state index in [1.807, 2.05) is 26.8 Å². The van der Waals surface area contributed by atoms with Gasteiger partial charge in [0.25, 0.3) is 0 Å². The van der Waals surface area contributed by atoms with Crippen molar-refractivity contribution in [2.45, 2.75) is 53.7 Å². The fourth-order valence-corrected chi connectivity index (χ4v) is 4.09. The maximum Gasteiger partial charge on any atom is 0.413 e. The Labute approximate surface area is 170 Å². The predicted molar refractivity (Wildman–Crippen MR) is 117 cm³/mol. The molecule has 0 saturated heterocycles. The highest BCUT2D eigenvalue weighted by Gasteiger charge is 2.17. The zero-order valence-corrected chi connectivity index (χ0v) is 18.1. The zero-order valence-electron chi connectivity index (χ0n) is 17.3. The van der Waals surface area contributed by atoms with Gasteiger partial charge in [-0.05, 0) is 70.4 Å². The molecular weight excluding hydrogens is 370 g/mol. The van der Waals surface area contributed by atoms with E-state index in [0.29, 0.717) is 5.13 Å². The molecule has 0 unspecified atom stereocenters. The quantitative estimate of drug-likeness (QED) is 0.552. The van der Waals surface area contributed by atoms with Gasteiger partial charge in [-0.25, -0.2) is 9.78 Å². The molecule has 0 spiro atoms. The number of nitrogens with zero attached hydrogens (tertiary/aromatic N) is 1. The molecule has 148 valence electrons. The summed E-state index contributed by atoms with van der Waals surface area (Å²) in [7, 11) is 0. The van der Waals surface area contributed by atoms with Crippen LogP contribution in [0.1, 0.15) is 43.0 Å². The van der Waals surface area contributed by atoms with E-state index >= 15 is 0 Å². The minimum Gasteiger partial charge on any atom is -0.444 e. The van der Waals surface area contributed by atoms with Crippen LogP contribution in [0.3, 0.4) is 0 Å². The third kappa shape index (κ3) is 5.01. The molecule has 0 fully saturated rings. The lowest BCUT2D eigenvalue weighted by Gasteiger charge is -2.18. The lowest BCUT2D eigenvalue weighted by molar-refractivity contribution is 0.0636. The lowest BCUT2D eigenvalue weighted by Crippen LogP contribution is -2.27. The van der Waals surface area contributed by atoms with Gasteiger partial charge in [-0.2, -0.15) is 0 Å². The molecule has 1 heterocycles. The minimum absolute atomic E-state index is 0.487. The maximum absolute atomic E-state index is 11.9. The van der Waals surface area contributed by atoms with Gasteiger partial charge in [0, 0.05) is 12.2 Å². The van der Waals surface area contributed by atoms with Gasteiger partial charge in [0.05, 0.1) is 10.2 Å². The first-order chi connectivity index (χ1) is 13.1. The molecule has 0 aliphatic rings. The Morgan fingerprint density at radius 2 is 1.79 bits per heavy atom. The van der Waals surface area contributed by atoms with Crippen molar-refractivity contribution < 1.29 is 9.53 Å². The van der Waals surface area contributed by atoms with Crippen molar-refractivity contribution in [2.75, 3.05) is 10.6 Å². The molecule has 6 heteroatoms. The van der Waals surface area contributed by atoms with Crippen LogP contribution in [0.5, 0.6) is 0 Å². The van der Waals surface area contributed by atoms with Crippen LogP contribution in [0, 0.1) is 20.8 Å². The summed E-state index contributed by atoms with van der Waals surface area (Å²) in [6.07, 6.45) is -0.487. The average molecular weight is 398 g/mol. The van der Waals surface area contributed by atoms with E-state index < -0.39 is 11.7 Å². The molecule has 0 aliphatic carbocycles. The summed E-state index contributed by atoms with van der Waals surface area (Å²) < 4.78 is 6.32. The highest BCUT2D eigenvalue weighted by Crippen LogP contribution is 2.28. The third-order valence-corrected chi connectivity index (χ3v) is 5.14. The number of carbonyl (C=O) groups excluding carboxylic acids is 1. The number of rotatable bonds is 4. The largest absolute Gasteiger partial charge is 0.444 e. The molecule has 28 heavy (non-hydrogen) atoms. The second kappa shape index (κ2) is 7.80. The number of anilines is 2. The van der Waals surface area contributed by atoms with Crippen molar-refractivity contribution in [3.8, 4) is 0 Å². The molecule has 2 N–H and O–H groups in total. The molecule has 1 aromatic heterocycles. The Morgan fingerprint density at radius 1 is 1.11 bits per heavy atom. The summed E-state index contributed by atoms with van der Waals surface area (Å²) in [4.78, 5) is 16.4. The van der Waals surface area contributed by atoms with E-state index in [0.717, 1.165) is 16.8 Å². The molecule has 3 rings (SSSR count). The number of benzene rings is 2. The van der Waals surface area contributed by atoms with Crippen molar-refractivity contribution in [1.29, 1.82) is 0 Å². The Kier molecular flexibility index (Phi) is 5.61. The van der Waals surface area contributed by atoms with Gasteiger partial charge in [-0.15, -0.1) is 0 Å².